The van der Waals surface area contributed by atoms with E-state index in [4.69, 9.17) is 0 Å². The molecule has 1 aromatic carbocycles. The lowest BCUT2D eigenvalue weighted by molar-refractivity contribution is 0.0776. The Bertz CT molecular complexity index is 541. The van der Waals surface area contributed by atoms with Gasteiger partial charge in [-0.05, 0) is 44.8 Å². The standard InChI is InChI=1S/C17H22N2O/c1-18(2)15-10-8-14(9-11-15)16(20)17(19(3)4)12-6-5-7-13-17/h5-12H,13H2,1-4H3. The highest BCUT2D eigenvalue weighted by Gasteiger charge is 2.38. The highest BCUT2D eigenvalue weighted by atomic mass is 16.1. The molecule has 20 heavy (non-hydrogen) atoms. The molecule has 0 aliphatic heterocycles. The van der Waals surface area contributed by atoms with E-state index < -0.39 is 5.54 Å². The van der Waals surface area contributed by atoms with E-state index in [9.17, 15) is 4.79 Å². The molecule has 0 fully saturated rings. The van der Waals surface area contributed by atoms with Crippen LogP contribution < -0.4 is 4.90 Å². The number of carbonyl (C=O) groups is 1. The van der Waals surface area contributed by atoms with Gasteiger partial charge in [0.05, 0.1) is 0 Å². The fourth-order valence-corrected chi connectivity index (χ4v) is 2.47. The molecule has 0 saturated heterocycles. The number of anilines is 1. The molecular weight excluding hydrogens is 248 g/mol. The molecule has 0 aromatic heterocycles. The molecule has 0 saturated carbocycles. The van der Waals surface area contributed by atoms with Crippen LogP contribution in [0.15, 0.2) is 48.6 Å². The minimum absolute atomic E-state index is 0.147. The first kappa shape index (κ1) is 14.5. The van der Waals surface area contributed by atoms with Crippen molar-refractivity contribution in [2.24, 2.45) is 0 Å². The van der Waals surface area contributed by atoms with Crippen molar-refractivity contribution in [2.45, 2.75) is 12.0 Å². The van der Waals surface area contributed by atoms with Gasteiger partial charge in [-0.25, -0.2) is 0 Å². The second-order valence-corrected chi connectivity index (χ2v) is 5.58. The number of Topliss-reactive ketones (excluding diaryl/α,β-unsaturated/α-hetero) is 1. The van der Waals surface area contributed by atoms with Crippen molar-refractivity contribution >= 4 is 11.5 Å². The molecule has 2 rings (SSSR count). The Labute approximate surface area is 121 Å². The van der Waals surface area contributed by atoms with Crippen LogP contribution in [0.25, 0.3) is 0 Å². The maximum absolute atomic E-state index is 12.9. The van der Waals surface area contributed by atoms with Crippen LogP contribution in [0.5, 0.6) is 0 Å². The number of carbonyl (C=O) groups excluding carboxylic acids is 1. The summed E-state index contributed by atoms with van der Waals surface area (Å²) in [5.41, 5.74) is 1.29. The molecule has 3 nitrogen and oxygen atoms in total. The van der Waals surface area contributed by atoms with Gasteiger partial charge in [-0.15, -0.1) is 0 Å². The van der Waals surface area contributed by atoms with Gasteiger partial charge in [0.2, 0.25) is 0 Å². The van der Waals surface area contributed by atoms with Crippen LogP contribution in [0.1, 0.15) is 16.8 Å². The molecule has 106 valence electrons. The molecule has 1 aliphatic rings. The zero-order valence-corrected chi connectivity index (χ0v) is 12.6. The van der Waals surface area contributed by atoms with Crippen LogP contribution in [-0.4, -0.2) is 44.4 Å². The van der Waals surface area contributed by atoms with Crippen molar-refractivity contribution in [3.8, 4) is 0 Å². The fourth-order valence-electron chi connectivity index (χ4n) is 2.47. The van der Waals surface area contributed by atoms with Crippen molar-refractivity contribution in [1.29, 1.82) is 0 Å². The number of allylic oxidation sites excluding steroid dienone is 2. The predicted molar refractivity (Wildman–Crippen MR) is 84.4 cm³/mol. The maximum atomic E-state index is 12.9. The monoisotopic (exact) mass is 270 g/mol. The molecule has 0 heterocycles. The summed E-state index contributed by atoms with van der Waals surface area (Å²) in [4.78, 5) is 16.9. The van der Waals surface area contributed by atoms with E-state index >= 15 is 0 Å². The summed E-state index contributed by atoms with van der Waals surface area (Å²) in [6, 6.07) is 7.79. The molecule has 0 N–H and O–H groups in total. The van der Waals surface area contributed by atoms with E-state index in [2.05, 4.69) is 0 Å². The molecule has 1 atom stereocenters. The van der Waals surface area contributed by atoms with Crippen molar-refractivity contribution in [2.75, 3.05) is 33.1 Å². The quantitative estimate of drug-likeness (QED) is 0.786. The van der Waals surface area contributed by atoms with Gasteiger partial charge in [-0.1, -0.05) is 24.3 Å². The first-order valence-corrected chi connectivity index (χ1v) is 6.81. The van der Waals surface area contributed by atoms with Gasteiger partial charge >= 0.3 is 0 Å². The number of nitrogens with zero attached hydrogens (tertiary/aromatic N) is 2. The van der Waals surface area contributed by atoms with Gasteiger partial charge in [-0.2, -0.15) is 0 Å². The van der Waals surface area contributed by atoms with Crippen molar-refractivity contribution in [1.82, 2.24) is 4.90 Å². The van der Waals surface area contributed by atoms with Gasteiger partial charge in [0.1, 0.15) is 5.54 Å². The summed E-state index contributed by atoms with van der Waals surface area (Å²) in [7, 11) is 7.89. The highest BCUT2D eigenvalue weighted by Crippen LogP contribution is 2.28. The summed E-state index contributed by atoms with van der Waals surface area (Å²) in [5, 5.41) is 0. The molecule has 0 amide bonds. The molecular formula is C17H22N2O. The summed E-state index contributed by atoms with van der Waals surface area (Å²) in [6.45, 7) is 0. The first-order chi connectivity index (χ1) is 9.47. The summed E-state index contributed by atoms with van der Waals surface area (Å²) in [6.07, 6.45) is 8.70. The lowest BCUT2D eigenvalue weighted by Crippen LogP contribution is -2.49. The molecule has 3 heteroatoms. The molecule has 0 spiro atoms. The summed E-state index contributed by atoms with van der Waals surface area (Å²) in [5.74, 6) is 0.147. The highest BCUT2D eigenvalue weighted by molar-refractivity contribution is 6.05. The topological polar surface area (TPSA) is 23.6 Å². The summed E-state index contributed by atoms with van der Waals surface area (Å²) >= 11 is 0. The van der Waals surface area contributed by atoms with E-state index in [0.717, 1.165) is 11.3 Å². The average Bonchev–Trinajstić information content (AvgIpc) is 2.47. The Hall–Kier alpha value is -1.87. The van der Waals surface area contributed by atoms with Crippen LogP contribution in [0, 0.1) is 0 Å². The van der Waals surface area contributed by atoms with Gasteiger partial charge in [0, 0.05) is 25.3 Å². The Morgan fingerprint density at radius 3 is 2.15 bits per heavy atom. The first-order valence-electron chi connectivity index (χ1n) is 6.81. The Morgan fingerprint density at radius 2 is 1.70 bits per heavy atom. The van der Waals surface area contributed by atoms with Crippen LogP contribution in [0.3, 0.4) is 0 Å². The Morgan fingerprint density at radius 1 is 1.05 bits per heavy atom. The average molecular weight is 270 g/mol. The molecule has 0 bridgehead atoms. The van der Waals surface area contributed by atoms with Gasteiger partial charge in [0.25, 0.3) is 0 Å². The predicted octanol–water partition coefficient (Wildman–Crippen LogP) is 2.75. The number of benzene rings is 1. The minimum atomic E-state index is -0.561. The van der Waals surface area contributed by atoms with Crippen molar-refractivity contribution < 1.29 is 4.79 Å². The van der Waals surface area contributed by atoms with Crippen LogP contribution in [0.4, 0.5) is 5.69 Å². The van der Waals surface area contributed by atoms with Crippen LogP contribution >= 0.6 is 0 Å². The van der Waals surface area contributed by atoms with E-state index in [1.54, 1.807) is 0 Å². The number of rotatable bonds is 4. The van der Waals surface area contributed by atoms with E-state index in [0.29, 0.717) is 6.42 Å². The van der Waals surface area contributed by atoms with Crippen molar-refractivity contribution in [3.63, 3.8) is 0 Å². The Balaban J connectivity index is 2.33. The van der Waals surface area contributed by atoms with E-state index in [1.807, 2.05) is 86.6 Å². The SMILES string of the molecule is CN(C)c1ccc(C(=O)C2(N(C)C)C=CC=CC2)cc1. The van der Waals surface area contributed by atoms with E-state index in [1.165, 1.54) is 0 Å². The van der Waals surface area contributed by atoms with Crippen LogP contribution in [0.2, 0.25) is 0 Å². The third-order valence-electron chi connectivity index (χ3n) is 3.89. The minimum Gasteiger partial charge on any atom is -0.378 e. The maximum Gasteiger partial charge on any atom is 0.187 e. The summed E-state index contributed by atoms with van der Waals surface area (Å²) < 4.78 is 0. The molecule has 0 radical (unpaired) electrons. The lowest BCUT2D eigenvalue weighted by atomic mass is 9.82. The second kappa shape index (κ2) is 5.63. The number of likely N-dealkylation sites (N-methyl/N-ethyl adjacent to an activating group) is 1. The number of hydrogen-bond acceptors (Lipinski definition) is 3. The third-order valence-corrected chi connectivity index (χ3v) is 3.89. The largest absolute Gasteiger partial charge is 0.378 e. The second-order valence-electron chi connectivity index (χ2n) is 5.58. The molecule has 1 aliphatic carbocycles. The van der Waals surface area contributed by atoms with Gasteiger partial charge in [-0.3, -0.25) is 9.69 Å². The van der Waals surface area contributed by atoms with Crippen molar-refractivity contribution in [3.05, 3.63) is 54.1 Å². The van der Waals surface area contributed by atoms with Gasteiger partial charge in [0.15, 0.2) is 5.78 Å². The zero-order valence-electron chi connectivity index (χ0n) is 12.6. The molecule has 1 unspecified atom stereocenters. The van der Waals surface area contributed by atoms with E-state index in [-0.39, 0.29) is 5.78 Å². The smallest absolute Gasteiger partial charge is 0.187 e. The fraction of sp³-hybridized carbons (Fsp3) is 0.353. The third kappa shape index (κ3) is 2.54. The molecule has 1 aromatic rings. The number of ketones is 1. The normalized spacial score (nSPS) is 21.2. The Kier molecular flexibility index (Phi) is 4.09. The zero-order chi connectivity index (χ0) is 14.8. The lowest BCUT2D eigenvalue weighted by Gasteiger charge is -2.36. The van der Waals surface area contributed by atoms with Gasteiger partial charge < -0.3 is 4.90 Å². The number of hydrogen-bond donors (Lipinski definition) is 0. The van der Waals surface area contributed by atoms with Crippen LogP contribution in [-0.2, 0) is 0 Å².